The Bertz CT molecular complexity index is 2910. The van der Waals surface area contributed by atoms with E-state index >= 15 is 0 Å². The van der Waals surface area contributed by atoms with Crippen LogP contribution in [0.15, 0.2) is 152 Å². The Morgan fingerprint density at radius 2 is 1.07 bits per heavy atom. The minimum absolute atomic E-state index is 0.0519. The van der Waals surface area contributed by atoms with Crippen LogP contribution in [0, 0.1) is 11.8 Å². The number of methoxy groups -OCH3 is 1. The Hall–Kier alpha value is -7.37. The summed E-state index contributed by atoms with van der Waals surface area (Å²) in [6.07, 6.45) is 11.8. The number of hydrogen-bond acceptors (Lipinski definition) is 8. The highest BCUT2D eigenvalue weighted by molar-refractivity contribution is 5.90. The minimum Gasteiger partial charge on any atom is -0.494 e. The molecule has 7 aromatic rings. The summed E-state index contributed by atoms with van der Waals surface area (Å²) in [6, 6.07) is 50.8. The van der Waals surface area contributed by atoms with E-state index in [1.807, 2.05) is 60.7 Å². The number of aryl methyl sites for hydroxylation is 2. The van der Waals surface area contributed by atoms with Gasteiger partial charge in [0.05, 0.1) is 56.2 Å². The largest absolute Gasteiger partial charge is 0.494 e. The molecule has 11 rings (SSSR count). The first-order valence-corrected chi connectivity index (χ1v) is 26.9. The van der Waals surface area contributed by atoms with Crippen molar-refractivity contribution in [2.24, 2.45) is 0 Å². The van der Waals surface area contributed by atoms with Crippen LogP contribution in [0.3, 0.4) is 0 Å². The van der Waals surface area contributed by atoms with Gasteiger partial charge < -0.3 is 23.7 Å². The van der Waals surface area contributed by atoms with Crippen LogP contribution in [-0.4, -0.2) is 49.5 Å². The lowest BCUT2D eigenvalue weighted by Gasteiger charge is -2.26. The molecule has 5 aromatic carbocycles. The van der Waals surface area contributed by atoms with Crippen LogP contribution in [-0.2, 0) is 28.4 Å². The van der Waals surface area contributed by atoms with Crippen molar-refractivity contribution in [1.29, 1.82) is 0 Å². The summed E-state index contributed by atoms with van der Waals surface area (Å²) in [5.74, 6) is 9.22. The summed E-state index contributed by atoms with van der Waals surface area (Å²) in [7, 11) is 1.37. The van der Waals surface area contributed by atoms with Crippen LogP contribution < -0.4 is 18.9 Å². The van der Waals surface area contributed by atoms with E-state index in [-0.39, 0.29) is 10.8 Å². The molecule has 0 radical (unpaired) electrons. The zero-order valence-corrected chi connectivity index (χ0v) is 45.4. The van der Waals surface area contributed by atoms with Crippen molar-refractivity contribution in [3.05, 3.63) is 191 Å². The van der Waals surface area contributed by atoms with Crippen molar-refractivity contribution in [2.75, 3.05) is 33.5 Å². The fraction of sp³-hybridized carbons (Fsp3) is 0.358. The normalized spacial score (nSPS) is 13.3. The summed E-state index contributed by atoms with van der Waals surface area (Å²) in [5, 5.41) is 0. The van der Waals surface area contributed by atoms with Crippen molar-refractivity contribution in [3.63, 3.8) is 0 Å². The van der Waals surface area contributed by atoms with E-state index in [0.29, 0.717) is 30.1 Å². The highest BCUT2D eigenvalue weighted by atomic mass is 16.5. The molecule has 0 aliphatic carbocycles. The first-order chi connectivity index (χ1) is 36.3. The molecule has 0 N–H and O–H groups in total. The van der Waals surface area contributed by atoms with E-state index in [1.165, 1.54) is 49.5 Å². The summed E-state index contributed by atoms with van der Waals surface area (Å²) in [5.41, 5.74) is 11.0. The predicted molar refractivity (Wildman–Crippen MR) is 304 cm³/mol. The van der Waals surface area contributed by atoms with Crippen LogP contribution in [0.5, 0.6) is 23.0 Å². The third kappa shape index (κ3) is 18.2. The monoisotopic (exact) mass is 1000 g/mol. The highest BCUT2D eigenvalue weighted by Gasteiger charge is 2.21. The smallest absolute Gasteiger partial charge is 0.338 e. The molecule has 0 fully saturated rings. The number of nitrogens with zero attached hydrogens (tertiary/aromatic N) is 2. The standard InChI is InChI=1S/C34H40O4.C33H36N2O2/c1-33(2,3)28-22-29(34(4,5)6)24-31(23-28)38-18-12-11-17-37-30-20-26(19-27(21-30)32(35)36-7)16-15-25-13-9-8-10-14-25;1-2-4-6-25-37-30-22-18-27(19-23-30)31-13-9-15-33(35-31)32-14-8-12-28(34-32)11-7-10-26-16-20-29(21-17-26)36-24-5-3-1/h8-10,13-14,19-24H,11-12,17-18H2,1-7H3;8-9,12-23H,1-7,10-11,24-25H2. The lowest BCUT2D eigenvalue weighted by molar-refractivity contribution is 0.0600. The second-order valence-electron chi connectivity index (χ2n) is 21.3. The summed E-state index contributed by atoms with van der Waals surface area (Å²) in [6.45, 7) is 16.0. The molecule has 8 heteroatoms. The number of aromatic nitrogens is 2. The Kier molecular flexibility index (Phi) is 20.5. The molecule has 8 nitrogen and oxygen atoms in total. The van der Waals surface area contributed by atoms with Gasteiger partial charge in [-0.25, -0.2) is 9.78 Å². The van der Waals surface area contributed by atoms with E-state index in [9.17, 15) is 4.79 Å². The molecule has 0 amide bonds. The summed E-state index contributed by atoms with van der Waals surface area (Å²) in [4.78, 5) is 22.0. The molecule has 0 unspecified atom stereocenters. The van der Waals surface area contributed by atoms with Gasteiger partial charge in [-0.15, -0.1) is 0 Å². The van der Waals surface area contributed by atoms with Gasteiger partial charge in [0.2, 0.25) is 0 Å². The first kappa shape index (κ1) is 55.4. The first-order valence-electron chi connectivity index (χ1n) is 26.9. The van der Waals surface area contributed by atoms with E-state index in [1.54, 1.807) is 12.1 Å². The van der Waals surface area contributed by atoms with Gasteiger partial charge >= 0.3 is 5.97 Å². The number of carbonyl (C=O) groups excluding carboxylic acids is 1. The average Bonchev–Trinajstić information content (AvgIpc) is 3.42. The Labute approximate surface area is 447 Å². The quantitative estimate of drug-likeness (QED) is 0.0845. The molecule has 0 saturated heterocycles. The second-order valence-corrected chi connectivity index (χ2v) is 21.3. The number of ether oxygens (including phenoxy) is 5. The fourth-order valence-corrected chi connectivity index (χ4v) is 8.53. The van der Waals surface area contributed by atoms with Crippen LogP contribution in [0.25, 0.3) is 22.6 Å². The van der Waals surface area contributed by atoms with Gasteiger partial charge in [0, 0.05) is 22.4 Å². The SMILES string of the molecule is COC(=O)c1cc(C#Cc2ccccc2)cc(OCCCCOc2cc(C(C)(C)C)cc(C(C)(C)C)c2)c1.c1cc2nc(c1)-c1cccc(n1)-c1ccc(cc1)OCCCCCCCCOc1ccc(cc1)CCC2. The predicted octanol–water partition coefficient (Wildman–Crippen LogP) is 15.8. The van der Waals surface area contributed by atoms with Gasteiger partial charge in [-0.05, 0) is 176 Å². The van der Waals surface area contributed by atoms with Crippen molar-refractivity contribution in [3.8, 4) is 57.5 Å². The van der Waals surface area contributed by atoms with Gasteiger partial charge in [0.15, 0.2) is 0 Å². The van der Waals surface area contributed by atoms with E-state index in [0.717, 1.165) is 109 Å². The van der Waals surface area contributed by atoms with E-state index in [2.05, 4.69) is 132 Å². The molecule has 390 valence electrons. The van der Waals surface area contributed by atoms with Crippen LogP contribution in [0.4, 0.5) is 0 Å². The molecule has 6 heterocycles. The maximum atomic E-state index is 12.2. The van der Waals surface area contributed by atoms with Gasteiger partial charge in [-0.1, -0.05) is 128 Å². The maximum absolute atomic E-state index is 12.2. The van der Waals surface area contributed by atoms with Gasteiger partial charge in [-0.2, -0.15) is 0 Å². The Balaban J connectivity index is 0.000000219. The maximum Gasteiger partial charge on any atom is 0.338 e. The summed E-state index contributed by atoms with van der Waals surface area (Å²) >= 11 is 0. The molecule has 2 aromatic heterocycles. The zero-order chi connectivity index (χ0) is 52.9. The molecule has 0 spiro atoms. The molecular formula is C67H76N2O6. The minimum atomic E-state index is -0.418. The molecular weight excluding hydrogens is 929 g/mol. The number of benzene rings is 5. The van der Waals surface area contributed by atoms with Gasteiger partial charge in [-0.3, -0.25) is 4.98 Å². The molecule has 8 bridgehead atoms. The van der Waals surface area contributed by atoms with Gasteiger partial charge in [0.25, 0.3) is 0 Å². The number of esters is 1. The molecule has 0 saturated carbocycles. The van der Waals surface area contributed by atoms with Crippen LogP contribution in [0.1, 0.15) is 143 Å². The van der Waals surface area contributed by atoms with Crippen LogP contribution >= 0.6 is 0 Å². The third-order valence-corrected chi connectivity index (χ3v) is 13.0. The zero-order valence-electron chi connectivity index (χ0n) is 45.4. The highest BCUT2D eigenvalue weighted by Crippen LogP contribution is 2.33. The lowest BCUT2D eigenvalue weighted by Crippen LogP contribution is -2.16. The number of carbonyl (C=O) groups is 1. The Morgan fingerprint density at radius 3 is 1.68 bits per heavy atom. The topological polar surface area (TPSA) is 89.0 Å². The second kappa shape index (κ2) is 27.8. The fourth-order valence-electron chi connectivity index (χ4n) is 8.53. The molecule has 4 aliphatic rings. The number of unbranched alkanes of at least 4 members (excludes halogenated alkanes) is 1. The molecule has 75 heavy (non-hydrogen) atoms. The third-order valence-electron chi connectivity index (χ3n) is 13.0. The van der Waals surface area contributed by atoms with Crippen LogP contribution in [0.2, 0.25) is 0 Å². The van der Waals surface area contributed by atoms with E-state index in [4.69, 9.17) is 33.7 Å². The number of hydrogen-bond donors (Lipinski definition) is 0. The van der Waals surface area contributed by atoms with Gasteiger partial charge in [0.1, 0.15) is 23.0 Å². The summed E-state index contributed by atoms with van der Waals surface area (Å²) < 4.78 is 29.0. The van der Waals surface area contributed by atoms with Crippen molar-refractivity contribution < 1.29 is 28.5 Å². The molecule has 0 atom stereocenters. The molecule has 4 aliphatic heterocycles. The van der Waals surface area contributed by atoms with Crippen molar-refractivity contribution in [2.45, 2.75) is 123 Å². The number of pyridine rings is 2. The lowest BCUT2D eigenvalue weighted by atomic mass is 9.80. The van der Waals surface area contributed by atoms with Crippen molar-refractivity contribution >= 4 is 5.97 Å². The van der Waals surface area contributed by atoms with Crippen molar-refractivity contribution in [1.82, 2.24) is 9.97 Å². The Morgan fingerprint density at radius 1 is 0.520 bits per heavy atom. The number of rotatable bonds is 8. The van der Waals surface area contributed by atoms with E-state index < -0.39 is 5.97 Å². The average molecular weight is 1010 g/mol.